The van der Waals surface area contributed by atoms with Gasteiger partial charge in [-0.15, -0.1) is 0 Å². The van der Waals surface area contributed by atoms with Crippen LogP contribution in [0.15, 0.2) is 39.9 Å². The Bertz CT molecular complexity index is 1160. The number of nitrogens with one attached hydrogen (secondary N) is 1. The number of anilines is 1. The minimum Gasteiger partial charge on any atom is -0.390 e. The highest BCUT2D eigenvalue weighted by Crippen LogP contribution is 2.40. The Morgan fingerprint density at radius 2 is 2.13 bits per heavy atom. The molecule has 5 atom stereocenters. The lowest BCUT2D eigenvalue weighted by atomic mass is 9.95. The Morgan fingerprint density at radius 3 is 2.84 bits per heavy atom. The van der Waals surface area contributed by atoms with E-state index < -0.39 is 24.0 Å². The fourth-order valence-corrected chi connectivity index (χ4v) is 4.84. The number of aromatic amines is 1. The summed E-state index contributed by atoms with van der Waals surface area (Å²) in [6, 6.07) is 9.80. The van der Waals surface area contributed by atoms with Gasteiger partial charge >= 0.3 is 4.87 Å². The summed E-state index contributed by atoms with van der Waals surface area (Å²) >= 11 is 0.803. The average Bonchev–Trinajstić information content (AvgIpc) is 3.33. The number of ether oxygens (including phenoxy) is 2. The van der Waals surface area contributed by atoms with Crippen LogP contribution in [0.25, 0.3) is 10.3 Å². The van der Waals surface area contributed by atoms with Crippen LogP contribution in [0.2, 0.25) is 0 Å². The molecular weight excluding hydrogens is 420 g/mol. The van der Waals surface area contributed by atoms with Crippen LogP contribution < -0.4 is 16.2 Å². The van der Waals surface area contributed by atoms with Crippen LogP contribution >= 0.6 is 11.3 Å². The predicted molar refractivity (Wildman–Crippen MR) is 118 cm³/mol. The quantitative estimate of drug-likeness (QED) is 0.506. The first-order chi connectivity index (χ1) is 14.9. The van der Waals surface area contributed by atoms with Gasteiger partial charge in [0.1, 0.15) is 10.9 Å². The van der Waals surface area contributed by atoms with Gasteiger partial charge in [0.2, 0.25) is 5.95 Å². The van der Waals surface area contributed by atoms with Crippen LogP contribution in [-0.2, 0) is 16.1 Å². The van der Waals surface area contributed by atoms with Crippen molar-refractivity contribution >= 4 is 27.6 Å². The van der Waals surface area contributed by atoms with E-state index in [0.717, 1.165) is 16.9 Å². The normalized spacial score (nSPS) is 23.3. The number of H-pyrrole nitrogens is 1. The Morgan fingerprint density at radius 1 is 1.39 bits per heavy atom. The number of nitrogens with two attached hydrogens (primary N) is 1. The minimum atomic E-state index is -0.730. The maximum atomic E-state index is 12.8. The third-order valence-corrected chi connectivity index (χ3v) is 6.68. The Kier molecular flexibility index (Phi) is 6.24. The highest BCUT2D eigenvalue weighted by Gasteiger charge is 2.44. The van der Waals surface area contributed by atoms with E-state index >= 15 is 0 Å². The summed E-state index contributed by atoms with van der Waals surface area (Å²) in [5.41, 5.74) is 6.48. The molecule has 3 heterocycles. The largest absolute Gasteiger partial charge is 0.390 e. The smallest absolute Gasteiger partial charge is 0.311 e. The van der Waals surface area contributed by atoms with Gasteiger partial charge in [0.05, 0.1) is 24.9 Å². The molecule has 0 saturated carbocycles. The number of aromatic nitrogens is 3. The maximum absolute atomic E-state index is 12.8. The molecule has 0 amide bonds. The predicted octanol–water partition coefficient (Wildman–Crippen LogP) is 2.01. The lowest BCUT2D eigenvalue weighted by Crippen LogP contribution is -2.31. The maximum Gasteiger partial charge on any atom is 0.311 e. The number of fused-ring (bicyclic) bond motifs is 1. The number of hydrogen-bond donors (Lipinski definition) is 3. The van der Waals surface area contributed by atoms with E-state index in [1.165, 1.54) is 4.57 Å². The van der Waals surface area contributed by atoms with Crippen molar-refractivity contribution in [3.05, 3.63) is 55.9 Å². The number of thiazole rings is 1. The van der Waals surface area contributed by atoms with Crippen LogP contribution in [-0.4, -0.2) is 38.0 Å². The zero-order valence-corrected chi connectivity index (χ0v) is 18.2. The highest BCUT2D eigenvalue weighted by atomic mass is 32.1. The van der Waals surface area contributed by atoms with Gasteiger partial charge in [-0.1, -0.05) is 48.6 Å². The summed E-state index contributed by atoms with van der Waals surface area (Å²) in [5, 5.41) is 10.4. The molecule has 1 aliphatic rings. The van der Waals surface area contributed by atoms with Gasteiger partial charge in [0.15, 0.2) is 5.65 Å². The molecule has 2 aromatic heterocycles. The molecule has 4 N–H and O–H groups in total. The molecule has 1 aromatic carbocycles. The topological polar surface area (TPSA) is 132 Å². The molecule has 3 aromatic rings. The molecule has 31 heavy (non-hydrogen) atoms. The number of aliphatic hydroxyl groups excluding tert-OH is 1. The highest BCUT2D eigenvalue weighted by molar-refractivity contribution is 7.16. The summed E-state index contributed by atoms with van der Waals surface area (Å²) in [4.78, 5) is 31.3. The Hall–Kier alpha value is -2.53. The molecule has 1 saturated heterocycles. The number of benzene rings is 1. The minimum absolute atomic E-state index is 0.0721. The lowest BCUT2D eigenvalue weighted by molar-refractivity contribution is -0.0819. The Balaban J connectivity index is 1.68. The molecule has 166 valence electrons. The second kappa shape index (κ2) is 8.91. The first-order valence-corrected chi connectivity index (χ1v) is 11.1. The molecule has 0 spiro atoms. The first-order valence-electron chi connectivity index (χ1n) is 10.3. The summed E-state index contributed by atoms with van der Waals surface area (Å²) in [6.45, 7) is 4.22. The molecule has 4 rings (SSSR count). The molecule has 9 nitrogen and oxygen atoms in total. The first kappa shape index (κ1) is 21.7. The number of nitrogen functional groups attached to an aromatic ring is 1. The van der Waals surface area contributed by atoms with Gasteiger partial charge in [-0.05, 0) is 25.3 Å². The molecule has 1 fully saturated rings. The van der Waals surface area contributed by atoms with Gasteiger partial charge in [-0.2, -0.15) is 4.98 Å². The summed E-state index contributed by atoms with van der Waals surface area (Å²) in [5.74, 6) is -0.301. The third-order valence-electron chi connectivity index (χ3n) is 5.74. The molecule has 0 aliphatic carbocycles. The fourth-order valence-electron chi connectivity index (χ4n) is 4.00. The van der Waals surface area contributed by atoms with E-state index in [2.05, 4.69) is 9.97 Å². The van der Waals surface area contributed by atoms with Crippen LogP contribution in [0.1, 0.15) is 38.5 Å². The summed E-state index contributed by atoms with van der Waals surface area (Å²) < 4.78 is 13.8. The van der Waals surface area contributed by atoms with Gasteiger partial charge in [0.25, 0.3) is 5.56 Å². The van der Waals surface area contributed by atoms with Gasteiger partial charge < -0.3 is 20.3 Å². The summed E-state index contributed by atoms with van der Waals surface area (Å²) in [7, 11) is 0. The molecule has 10 heteroatoms. The van der Waals surface area contributed by atoms with Gasteiger partial charge in [-0.3, -0.25) is 19.1 Å². The van der Waals surface area contributed by atoms with Crippen molar-refractivity contribution in [2.45, 2.75) is 57.8 Å². The average molecular weight is 447 g/mol. The third kappa shape index (κ3) is 4.29. The van der Waals surface area contributed by atoms with E-state index in [0.29, 0.717) is 19.4 Å². The number of nitrogens with zero attached hydrogens (tertiary/aromatic N) is 2. The number of aliphatic hydroxyl groups is 1. The van der Waals surface area contributed by atoms with Crippen molar-refractivity contribution in [3.8, 4) is 0 Å². The molecular formula is C21H26N4O5S. The van der Waals surface area contributed by atoms with Crippen LogP contribution in [0.3, 0.4) is 0 Å². The molecule has 0 radical (unpaired) electrons. The Labute approximate surface area is 182 Å². The van der Waals surface area contributed by atoms with Crippen molar-refractivity contribution in [1.82, 2.24) is 14.5 Å². The summed E-state index contributed by atoms with van der Waals surface area (Å²) in [6.07, 6.45) is -1.10. The molecule has 0 bridgehead atoms. The zero-order chi connectivity index (χ0) is 22.1. The van der Waals surface area contributed by atoms with Crippen molar-refractivity contribution in [1.29, 1.82) is 0 Å². The second-order valence-corrected chi connectivity index (χ2v) is 8.75. The van der Waals surface area contributed by atoms with E-state index in [4.69, 9.17) is 15.2 Å². The van der Waals surface area contributed by atoms with E-state index in [-0.39, 0.29) is 33.2 Å². The van der Waals surface area contributed by atoms with E-state index in [1.807, 2.05) is 44.2 Å². The van der Waals surface area contributed by atoms with Crippen molar-refractivity contribution in [3.63, 3.8) is 0 Å². The van der Waals surface area contributed by atoms with E-state index in [9.17, 15) is 14.7 Å². The van der Waals surface area contributed by atoms with Gasteiger partial charge in [-0.25, -0.2) is 0 Å². The van der Waals surface area contributed by atoms with Crippen molar-refractivity contribution in [2.24, 2.45) is 5.92 Å². The van der Waals surface area contributed by atoms with E-state index in [1.54, 1.807) is 0 Å². The van der Waals surface area contributed by atoms with Crippen molar-refractivity contribution < 1.29 is 14.6 Å². The van der Waals surface area contributed by atoms with Crippen LogP contribution in [0, 0.1) is 5.92 Å². The number of hydrogen-bond acceptors (Lipinski definition) is 8. The lowest BCUT2D eigenvalue weighted by Gasteiger charge is -2.25. The van der Waals surface area contributed by atoms with Crippen LogP contribution in [0.4, 0.5) is 5.95 Å². The van der Waals surface area contributed by atoms with Gasteiger partial charge in [0, 0.05) is 5.92 Å². The SMILES string of the molecule is CC[C@H](O)C1C[C@@H]([C@@H](C)OCc2ccccc2)[C@H](n2c(=O)sc3c(=O)[nH]c(N)nc32)O1. The monoisotopic (exact) mass is 446 g/mol. The zero-order valence-electron chi connectivity index (χ0n) is 17.4. The standard InChI is InChI=1S/C21H26N4O5S/c1-3-14(26)15-9-13(11(2)29-10-12-7-5-4-6-8-12)19(30-15)25-17-16(31-21(25)28)18(27)24-20(22)23-17/h4-8,11,13-15,19,26H,3,9-10H2,1-2H3,(H3,22,23,24,27)/t11-,13+,14+,15?,19-/m1/s1. The second-order valence-electron chi connectivity index (χ2n) is 7.78. The van der Waals surface area contributed by atoms with Crippen molar-refractivity contribution in [2.75, 3.05) is 5.73 Å². The molecule has 1 aliphatic heterocycles. The fraction of sp³-hybridized carbons (Fsp3) is 0.476. The molecule has 1 unspecified atom stereocenters. The van der Waals surface area contributed by atoms with Crippen LogP contribution in [0.5, 0.6) is 0 Å². The number of rotatable bonds is 7.